The quantitative estimate of drug-likeness (QED) is 0.776. The zero-order valence-corrected chi connectivity index (χ0v) is 15.8. The summed E-state index contributed by atoms with van der Waals surface area (Å²) in [5.41, 5.74) is 0.175. The van der Waals surface area contributed by atoms with Crippen LogP contribution < -0.4 is 5.32 Å². The summed E-state index contributed by atoms with van der Waals surface area (Å²) >= 11 is 7.55. The van der Waals surface area contributed by atoms with Gasteiger partial charge in [-0.05, 0) is 65.9 Å². The Balaban J connectivity index is 1.75. The van der Waals surface area contributed by atoms with Crippen molar-refractivity contribution in [3.05, 3.63) is 20.8 Å². The van der Waals surface area contributed by atoms with Crippen LogP contribution in [0.5, 0.6) is 0 Å². The van der Waals surface area contributed by atoms with E-state index >= 15 is 0 Å². The van der Waals surface area contributed by atoms with Gasteiger partial charge in [0.1, 0.15) is 0 Å². The summed E-state index contributed by atoms with van der Waals surface area (Å²) in [5.74, 6) is 3.16. The summed E-state index contributed by atoms with van der Waals surface area (Å²) in [6.07, 6.45) is 4.83. The van der Waals surface area contributed by atoms with Crippen LogP contribution in [0.4, 0.5) is 0 Å². The fourth-order valence-electron chi connectivity index (χ4n) is 3.50. The van der Waals surface area contributed by atoms with Gasteiger partial charge in [-0.3, -0.25) is 0 Å². The Hall–Kier alpha value is 0.450. The van der Waals surface area contributed by atoms with E-state index in [0.29, 0.717) is 12.0 Å². The van der Waals surface area contributed by atoms with Crippen LogP contribution in [0, 0.1) is 5.92 Å². The van der Waals surface area contributed by atoms with Gasteiger partial charge in [0, 0.05) is 33.1 Å². The molecule has 1 aromatic rings. The molecule has 3 heterocycles. The molecule has 0 radical (unpaired) electrons. The van der Waals surface area contributed by atoms with E-state index in [1.165, 1.54) is 46.5 Å². The Labute approximate surface area is 144 Å². The number of halogens is 1. The lowest BCUT2D eigenvalue weighted by atomic mass is 9.80. The number of thioether (sulfide) groups is 1. The van der Waals surface area contributed by atoms with Crippen molar-refractivity contribution >= 4 is 39.0 Å². The molecule has 2 aliphatic heterocycles. The van der Waals surface area contributed by atoms with Crippen molar-refractivity contribution in [1.29, 1.82) is 0 Å². The van der Waals surface area contributed by atoms with Crippen LogP contribution in [0.3, 0.4) is 0 Å². The van der Waals surface area contributed by atoms with E-state index in [9.17, 15) is 0 Å². The number of rotatable bonds is 5. The maximum absolute atomic E-state index is 6.20. The van der Waals surface area contributed by atoms with Crippen LogP contribution in [-0.4, -0.2) is 30.3 Å². The topological polar surface area (TPSA) is 21.3 Å². The largest absolute Gasteiger partial charge is 0.374 e. The second-order valence-electron chi connectivity index (χ2n) is 6.19. The molecule has 1 spiro atoms. The van der Waals surface area contributed by atoms with Gasteiger partial charge in [-0.1, -0.05) is 6.92 Å². The summed E-state index contributed by atoms with van der Waals surface area (Å²) in [6, 6.07) is 2.79. The maximum atomic E-state index is 6.20. The molecule has 0 saturated carbocycles. The first-order valence-corrected chi connectivity index (χ1v) is 10.7. The molecule has 0 amide bonds. The number of hydrogen-bond acceptors (Lipinski definition) is 4. The van der Waals surface area contributed by atoms with Crippen molar-refractivity contribution in [2.75, 3.05) is 24.7 Å². The fourth-order valence-corrected chi connectivity index (χ4v) is 6.50. The van der Waals surface area contributed by atoms with Gasteiger partial charge in [0.05, 0.1) is 5.60 Å². The lowest BCUT2D eigenvalue weighted by molar-refractivity contribution is -0.0852. The summed E-state index contributed by atoms with van der Waals surface area (Å²) < 4.78 is 7.41. The minimum Gasteiger partial charge on any atom is -0.374 e. The first-order valence-electron chi connectivity index (χ1n) is 7.91. The summed E-state index contributed by atoms with van der Waals surface area (Å²) in [6.45, 7) is 4.27. The van der Waals surface area contributed by atoms with Crippen LogP contribution in [0.1, 0.15) is 43.5 Å². The highest BCUT2D eigenvalue weighted by atomic mass is 79.9. The Morgan fingerprint density at radius 2 is 2.48 bits per heavy atom. The third-order valence-corrected chi connectivity index (χ3v) is 7.58. The van der Waals surface area contributed by atoms with Gasteiger partial charge in [-0.25, -0.2) is 0 Å². The third-order valence-electron chi connectivity index (χ3n) is 4.58. The highest BCUT2D eigenvalue weighted by Gasteiger charge is 2.42. The number of hydrogen-bond donors (Lipinski definition) is 1. The lowest BCUT2D eigenvalue weighted by Gasteiger charge is -2.41. The second kappa shape index (κ2) is 7.35. The molecular weight excluding hydrogens is 366 g/mol. The van der Waals surface area contributed by atoms with Gasteiger partial charge in [0.2, 0.25) is 0 Å². The van der Waals surface area contributed by atoms with Crippen molar-refractivity contribution in [2.45, 2.75) is 44.2 Å². The van der Waals surface area contributed by atoms with Gasteiger partial charge in [0.25, 0.3) is 0 Å². The van der Waals surface area contributed by atoms with E-state index in [-0.39, 0.29) is 5.60 Å². The molecule has 1 aromatic heterocycles. The minimum atomic E-state index is 0.175. The molecule has 2 saturated heterocycles. The van der Waals surface area contributed by atoms with E-state index in [1.807, 2.05) is 11.3 Å². The number of ether oxygens (including phenoxy) is 1. The molecule has 21 heavy (non-hydrogen) atoms. The average Bonchev–Trinajstić information content (AvgIpc) is 3.10. The molecule has 2 aliphatic rings. The van der Waals surface area contributed by atoms with Crippen LogP contribution >= 0.6 is 39.0 Å². The normalized spacial score (nSPS) is 30.9. The third kappa shape index (κ3) is 3.86. The van der Waals surface area contributed by atoms with Crippen molar-refractivity contribution in [2.24, 2.45) is 5.92 Å². The molecule has 2 fully saturated rings. The van der Waals surface area contributed by atoms with Crippen LogP contribution in [0.2, 0.25) is 0 Å². The minimum absolute atomic E-state index is 0.175. The van der Waals surface area contributed by atoms with Gasteiger partial charge in [0.15, 0.2) is 0 Å². The predicted octanol–water partition coefficient (Wildman–Crippen LogP) is 4.85. The van der Waals surface area contributed by atoms with E-state index in [0.717, 1.165) is 13.2 Å². The predicted molar refractivity (Wildman–Crippen MR) is 96.4 cm³/mol. The highest BCUT2D eigenvalue weighted by Crippen LogP contribution is 2.45. The van der Waals surface area contributed by atoms with Gasteiger partial charge in [-0.15, -0.1) is 11.3 Å². The van der Waals surface area contributed by atoms with Crippen molar-refractivity contribution in [1.82, 2.24) is 5.32 Å². The zero-order valence-electron chi connectivity index (χ0n) is 12.6. The summed E-state index contributed by atoms with van der Waals surface area (Å²) in [4.78, 5) is 1.48. The zero-order chi connectivity index (χ0) is 14.7. The molecule has 5 heteroatoms. The van der Waals surface area contributed by atoms with Crippen LogP contribution in [0.25, 0.3) is 0 Å². The van der Waals surface area contributed by atoms with Crippen LogP contribution in [-0.2, 0) is 4.74 Å². The first-order chi connectivity index (χ1) is 10.2. The smallest absolute Gasteiger partial charge is 0.0783 e. The SMILES string of the molecule is CCCNC(c1cc(Br)cs1)C1CCOC2(CCSC2)C1. The van der Waals surface area contributed by atoms with E-state index < -0.39 is 0 Å². The standard InChI is InChI=1S/C16H24BrNOS2/c1-2-5-18-15(14-8-13(17)10-21-14)12-3-6-19-16(9-12)4-7-20-11-16/h8,10,12,15,18H,2-7,9,11H2,1H3. The Bertz CT molecular complexity index is 459. The average molecular weight is 390 g/mol. The molecular formula is C16H24BrNOS2. The molecule has 0 aliphatic carbocycles. The molecule has 1 N–H and O–H groups in total. The Morgan fingerprint density at radius 1 is 1.57 bits per heavy atom. The molecule has 3 atom stereocenters. The van der Waals surface area contributed by atoms with Crippen molar-refractivity contribution in [3.63, 3.8) is 0 Å². The number of nitrogens with one attached hydrogen (secondary N) is 1. The monoisotopic (exact) mass is 389 g/mol. The first kappa shape index (κ1) is 16.3. The molecule has 0 aromatic carbocycles. The fraction of sp³-hybridized carbons (Fsp3) is 0.750. The van der Waals surface area contributed by atoms with Crippen molar-refractivity contribution < 1.29 is 4.74 Å². The highest BCUT2D eigenvalue weighted by molar-refractivity contribution is 9.10. The Morgan fingerprint density at radius 3 is 3.14 bits per heavy atom. The molecule has 0 bridgehead atoms. The second-order valence-corrected chi connectivity index (χ2v) is 9.15. The maximum Gasteiger partial charge on any atom is 0.0783 e. The van der Waals surface area contributed by atoms with Crippen LogP contribution in [0.15, 0.2) is 15.9 Å². The van der Waals surface area contributed by atoms with E-state index in [2.05, 4.69) is 51.4 Å². The molecule has 3 rings (SSSR count). The van der Waals surface area contributed by atoms with Gasteiger partial charge < -0.3 is 10.1 Å². The molecule has 3 unspecified atom stereocenters. The molecule has 118 valence electrons. The van der Waals surface area contributed by atoms with E-state index in [4.69, 9.17) is 4.74 Å². The summed E-state index contributed by atoms with van der Waals surface area (Å²) in [5, 5.41) is 6.01. The van der Waals surface area contributed by atoms with Gasteiger partial charge >= 0.3 is 0 Å². The Kier molecular flexibility index (Phi) is 5.71. The summed E-state index contributed by atoms with van der Waals surface area (Å²) in [7, 11) is 0. The molecule has 2 nitrogen and oxygen atoms in total. The lowest BCUT2D eigenvalue weighted by Crippen LogP contribution is -2.43. The van der Waals surface area contributed by atoms with Crippen molar-refractivity contribution in [3.8, 4) is 0 Å². The van der Waals surface area contributed by atoms with Gasteiger partial charge in [-0.2, -0.15) is 11.8 Å². The number of thiophene rings is 1. The van der Waals surface area contributed by atoms with E-state index in [1.54, 1.807) is 0 Å².